The zero-order valence-corrected chi connectivity index (χ0v) is 20.4. The van der Waals surface area contributed by atoms with Crippen molar-refractivity contribution in [3.8, 4) is 5.75 Å². The third kappa shape index (κ3) is 5.78. The molecule has 0 aliphatic carbocycles. The summed E-state index contributed by atoms with van der Waals surface area (Å²) in [5.41, 5.74) is 12.4. The number of rotatable bonds is 9. The number of aromatic hydroxyl groups is 1. The Bertz CT molecular complexity index is 1290. The van der Waals surface area contributed by atoms with E-state index in [4.69, 9.17) is 16.2 Å². The number of nitrogens with zero attached hydrogens (tertiary/aromatic N) is 2. The number of carbonyl (C=O) groups is 4. The van der Waals surface area contributed by atoms with Crippen LogP contribution in [0.15, 0.2) is 48.5 Å². The number of amides is 3. The van der Waals surface area contributed by atoms with E-state index in [-0.39, 0.29) is 28.6 Å². The normalized spacial score (nSPS) is 11.4. The number of nitrogens with one attached hydrogen (secondary N) is 1. The Morgan fingerprint density at radius 2 is 1.86 bits per heavy atom. The van der Waals surface area contributed by atoms with E-state index < -0.39 is 36.3 Å². The van der Waals surface area contributed by atoms with Crippen LogP contribution in [0.3, 0.4) is 0 Å². The second kappa shape index (κ2) is 11.3. The molecule has 0 fully saturated rings. The van der Waals surface area contributed by atoms with Crippen LogP contribution >= 0.6 is 11.5 Å². The maximum absolute atomic E-state index is 13.9. The molecular weight excluding hydrogens is 486 g/mol. The molecular formula is C24H25N5O6S. The lowest BCUT2D eigenvalue weighted by Crippen LogP contribution is -2.45. The fourth-order valence-electron chi connectivity index (χ4n) is 3.44. The third-order valence-electron chi connectivity index (χ3n) is 5.08. The maximum atomic E-state index is 13.9. The molecule has 0 aliphatic heterocycles. The SMILES string of the molecule is CCOC(=O)CNC(=O)[C@H](c1ccc(O)cc1)N(C(=O)c1snc(C(N)=O)c1N)c1cccc(C)c1. The summed E-state index contributed by atoms with van der Waals surface area (Å²) in [6.07, 6.45) is 0. The Kier molecular flexibility index (Phi) is 8.22. The number of ether oxygens (including phenoxy) is 1. The van der Waals surface area contributed by atoms with Gasteiger partial charge in [-0.1, -0.05) is 24.3 Å². The minimum absolute atomic E-state index is 0.0457. The number of phenolic OH excluding ortho intramolecular Hbond substituents is 1. The molecule has 3 aromatic rings. The average molecular weight is 512 g/mol. The van der Waals surface area contributed by atoms with Crippen molar-refractivity contribution in [1.82, 2.24) is 9.69 Å². The molecule has 0 radical (unpaired) electrons. The van der Waals surface area contributed by atoms with Crippen molar-refractivity contribution in [3.63, 3.8) is 0 Å². The number of primary amides is 1. The van der Waals surface area contributed by atoms with Gasteiger partial charge in [0.15, 0.2) is 5.69 Å². The molecule has 0 unspecified atom stereocenters. The fraction of sp³-hybridized carbons (Fsp3) is 0.208. The molecule has 2 aromatic carbocycles. The topological polar surface area (TPSA) is 178 Å². The van der Waals surface area contributed by atoms with Gasteiger partial charge in [-0.25, -0.2) is 0 Å². The van der Waals surface area contributed by atoms with Gasteiger partial charge in [0, 0.05) is 5.69 Å². The van der Waals surface area contributed by atoms with E-state index in [0.29, 0.717) is 22.8 Å². The highest BCUT2D eigenvalue weighted by Crippen LogP contribution is 2.34. The molecule has 36 heavy (non-hydrogen) atoms. The minimum atomic E-state index is -1.30. The summed E-state index contributed by atoms with van der Waals surface area (Å²) in [5.74, 6) is -3.00. The summed E-state index contributed by atoms with van der Waals surface area (Å²) < 4.78 is 8.78. The van der Waals surface area contributed by atoms with E-state index in [2.05, 4.69) is 9.69 Å². The smallest absolute Gasteiger partial charge is 0.325 e. The Hall–Kier alpha value is -4.45. The Morgan fingerprint density at radius 1 is 1.17 bits per heavy atom. The average Bonchev–Trinajstić information content (AvgIpc) is 3.23. The van der Waals surface area contributed by atoms with Gasteiger partial charge in [0.25, 0.3) is 11.8 Å². The number of hydrogen-bond donors (Lipinski definition) is 4. The van der Waals surface area contributed by atoms with Crippen LogP contribution in [0.1, 0.15) is 44.3 Å². The lowest BCUT2D eigenvalue weighted by Gasteiger charge is -2.31. The molecule has 1 atom stereocenters. The monoisotopic (exact) mass is 511 g/mol. The number of aromatic nitrogens is 1. The molecule has 0 saturated carbocycles. The summed E-state index contributed by atoms with van der Waals surface area (Å²) >= 11 is 0.679. The molecule has 1 heterocycles. The van der Waals surface area contributed by atoms with Gasteiger partial charge in [-0.3, -0.25) is 24.1 Å². The Morgan fingerprint density at radius 3 is 2.44 bits per heavy atom. The summed E-state index contributed by atoms with van der Waals surface area (Å²) in [5, 5.41) is 12.3. The quantitative estimate of drug-likeness (QED) is 0.315. The van der Waals surface area contributed by atoms with Gasteiger partial charge in [0.05, 0.1) is 12.3 Å². The first-order chi connectivity index (χ1) is 17.1. The third-order valence-corrected chi connectivity index (χ3v) is 5.93. The van der Waals surface area contributed by atoms with Crippen LogP contribution in [-0.4, -0.2) is 46.3 Å². The van der Waals surface area contributed by atoms with Crippen molar-refractivity contribution < 1.29 is 29.0 Å². The Labute approximate surface area is 210 Å². The van der Waals surface area contributed by atoms with E-state index in [1.54, 1.807) is 25.1 Å². The number of phenols is 1. The summed E-state index contributed by atoms with van der Waals surface area (Å²) in [6, 6.07) is 11.2. The van der Waals surface area contributed by atoms with Crippen LogP contribution in [0.5, 0.6) is 5.75 Å². The van der Waals surface area contributed by atoms with Crippen LogP contribution in [0.2, 0.25) is 0 Å². The number of carbonyl (C=O) groups excluding carboxylic acids is 4. The van der Waals surface area contributed by atoms with Crippen LogP contribution < -0.4 is 21.7 Å². The molecule has 0 spiro atoms. The molecule has 6 N–H and O–H groups in total. The van der Waals surface area contributed by atoms with Gasteiger partial charge in [-0.15, -0.1) is 0 Å². The van der Waals surface area contributed by atoms with Crippen LogP contribution in [0.25, 0.3) is 0 Å². The second-order valence-corrected chi connectivity index (χ2v) is 8.44. The highest BCUT2D eigenvalue weighted by Gasteiger charge is 2.36. The second-order valence-electron chi connectivity index (χ2n) is 7.67. The number of anilines is 2. The van der Waals surface area contributed by atoms with Crippen molar-refractivity contribution >= 4 is 46.6 Å². The van der Waals surface area contributed by atoms with Gasteiger partial charge in [-0.05, 0) is 60.8 Å². The number of esters is 1. The fourth-order valence-corrected chi connectivity index (χ4v) is 4.18. The van der Waals surface area contributed by atoms with E-state index in [9.17, 15) is 24.3 Å². The predicted octanol–water partition coefficient (Wildman–Crippen LogP) is 1.91. The summed E-state index contributed by atoms with van der Waals surface area (Å²) in [7, 11) is 0. The number of benzene rings is 2. The highest BCUT2D eigenvalue weighted by molar-refractivity contribution is 7.09. The molecule has 0 saturated heterocycles. The molecule has 3 amide bonds. The van der Waals surface area contributed by atoms with Crippen molar-refractivity contribution in [2.45, 2.75) is 19.9 Å². The number of nitrogen functional groups attached to an aromatic ring is 1. The lowest BCUT2D eigenvalue weighted by atomic mass is 10.0. The van der Waals surface area contributed by atoms with Crippen molar-refractivity contribution in [3.05, 3.63) is 70.2 Å². The molecule has 11 nitrogen and oxygen atoms in total. The first-order valence-electron chi connectivity index (χ1n) is 10.8. The zero-order valence-electron chi connectivity index (χ0n) is 19.6. The molecule has 0 aliphatic rings. The Balaban J connectivity index is 2.15. The van der Waals surface area contributed by atoms with E-state index in [0.717, 1.165) is 5.56 Å². The first-order valence-corrected chi connectivity index (χ1v) is 11.6. The standard InChI is InChI=1S/C24H25N5O6S/c1-3-35-17(31)12-27-23(33)20(14-7-9-16(30)10-8-14)29(15-6-4-5-13(2)11-15)24(34)21-18(25)19(22(26)32)28-36-21/h4-11,20,30H,3,12,25H2,1-2H3,(H2,26,32)(H,27,33)/t20-/m0/s1. The molecule has 0 bridgehead atoms. The molecule has 12 heteroatoms. The van der Waals surface area contributed by atoms with Gasteiger partial charge in [-0.2, -0.15) is 4.37 Å². The predicted molar refractivity (Wildman–Crippen MR) is 134 cm³/mol. The van der Waals surface area contributed by atoms with E-state index in [1.807, 2.05) is 13.0 Å². The minimum Gasteiger partial charge on any atom is -0.508 e. The van der Waals surface area contributed by atoms with E-state index in [1.165, 1.54) is 29.2 Å². The van der Waals surface area contributed by atoms with Gasteiger partial charge in [0.1, 0.15) is 23.2 Å². The summed E-state index contributed by atoms with van der Waals surface area (Å²) in [6.45, 7) is 3.16. The zero-order chi connectivity index (χ0) is 26.4. The molecule has 1 aromatic heterocycles. The largest absolute Gasteiger partial charge is 0.508 e. The molecule has 188 valence electrons. The first kappa shape index (κ1) is 26.2. The van der Waals surface area contributed by atoms with Gasteiger partial charge in [0.2, 0.25) is 5.91 Å². The van der Waals surface area contributed by atoms with Crippen LogP contribution in [0, 0.1) is 6.92 Å². The van der Waals surface area contributed by atoms with Gasteiger partial charge < -0.3 is 26.6 Å². The number of hydrogen-bond acceptors (Lipinski definition) is 9. The number of nitrogens with two attached hydrogens (primary N) is 2. The van der Waals surface area contributed by atoms with Crippen molar-refractivity contribution in [2.75, 3.05) is 23.8 Å². The summed E-state index contributed by atoms with van der Waals surface area (Å²) in [4.78, 5) is 52.0. The number of aryl methyl sites for hydroxylation is 1. The van der Waals surface area contributed by atoms with Crippen molar-refractivity contribution in [2.24, 2.45) is 5.73 Å². The van der Waals surface area contributed by atoms with Crippen LogP contribution in [-0.2, 0) is 14.3 Å². The van der Waals surface area contributed by atoms with Gasteiger partial charge >= 0.3 is 5.97 Å². The lowest BCUT2D eigenvalue weighted by molar-refractivity contribution is -0.143. The van der Waals surface area contributed by atoms with E-state index >= 15 is 0 Å². The maximum Gasteiger partial charge on any atom is 0.325 e. The highest BCUT2D eigenvalue weighted by atomic mass is 32.1. The molecule has 3 rings (SSSR count). The van der Waals surface area contributed by atoms with Crippen LogP contribution in [0.4, 0.5) is 11.4 Å². The van der Waals surface area contributed by atoms with Crippen molar-refractivity contribution in [1.29, 1.82) is 0 Å².